The summed E-state index contributed by atoms with van der Waals surface area (Å²) >= 11 is 0. The van der Waals surface area contributed by atoms with Crippen LogP contribution in [0.25, 0.3) is 22.2 Å². The third kappa shape index (κ3) is 3.35. The lowest BCUT2D eigenvalue weighted by Gasteiger charge is -2.22. The van der Waals surface area contributed by atoms with Crippen LogP contribution in [0.2, 0.25) is 0 Å². The first kappa shape index (κ1) is 18.2. The summed E-state index contributed by atoms with van der Waals surface area (Å²) in [5.74, 6) is -0.864. The second kappa shape index (κ2) is 7.53. The van der Waals surface area contributed by atoms with Crippen molar-refractivity contribution in [2.24, 2.45) is 0 Å². The van der Waals surface area contributed by atoms with E-state index < -0.39 is 11.5 Å². The average molecular weight is 401 g/mol. The number of benzene rings is 3. The Bertz CT molecular complexity index is 1340. The van der Waals surface area contributed by atoms with Crippen LogP contribution in [0.15, 0.2) is 97.3 Å². The minimum atomic E-state index is -0.432. The van der Waals surface area contributed by atoms with Crippen molar-refractivity contribution >= 4 is 22.2 Å². The Morgan fingerprint density at radius 1 is 0.633 bits per heavy atom. The summed E-state index contributed by atoms with van der Waals surface area (Å²) in [5, 5.41) is 0. The molecular weight excluding hydrogens is 382 g/mol. The van der Waals surface area contributed by atoms with Crippen LogP contribution in [-0.4, -0.2) is 14.0 Å². The standard InChI is InChI=1S/C23H19N3O4/c27-22-25(18-10-4-6-12-20(18)29-22)15-24(14-17-8-2-1-3-9-17)16-26-19-11-5-7-13-21(19)30-23(26)28/h1-13H,14-16H2. The molecule has 3 aromatic carbocycles. The fourth-order valence-electron chi connectivity index (χ4n) is 3.68. The second-order valence-corrected chi connectivity index (χ2v) is 7.12. The maximum atomic E-state index is 12.5. The molecule has 5 rings (SSSR count). The number of oxazole rings is 2. The molecule has 0 unspecified atom stereocenters. The Morgan fingerprint density at radius 3 is 1.63 bits per heavy atom. The summed E-state index contributed by atoms with van der Waals surface area (Å²) < 4.78 is 13.9. The molecule has 30 heavy (non-hydrogen) atoms. The molecule has 0 saturated heterocycles. The maximum absolute atomic E-state index is 12.5. The van der Waals surface area contributed by atoms with Gasteiger partial charge in [-0.2, -0.15) is 0 Å². The average Bonchev–Trinajstić information content (AvgIpc) is 3.25. The van der Waals surface area contributed by atoms with Crippen LogP contribution in [-0.2, 0) is 19.9 Å². The molecule has 0 aliphatic heterocycles. The molecule has 0 bridgehead atoms. The van der Waals surface area contributed by atoms with E-state index in [0.717, 1.165) is 5.56 Å². The molecule has 7 nitrogen and oxygen atoms in total. The van der Waals surface area contributed by atoms with E-state index in [9.17, 15) is 9.59 Å². The lowest BCUT2D eigenvalue weighted by molar-refractivity contribution is 0.155. The molecule has 0 amide bonds. The quantitative estimate of drug-likeness (QED) is 0.435. The van der Waals surface area contributed by atoms with E-state index in [0.29, 0.717) is 28.7 Å². The molecule has 2 heterocycles. The molecule has 0 aliphatic rings. The third-order valence-electron chi connectivity index (χ3n) is 5.08. The van der Waals surface area contributed by atoms with E-state index in [2.05, 4.69) is 0 Å². The van der Waals surface area contributed by atoms with Gasteiger partial charge in [0, 0.05) is 6.54 Å². The minimum absolute atomic E-state index is 0.261. The summed E-state index contributed by atoms with van der Waals surface area (Å²) in [7, 11) is 0. The highest BCUT2D eigenvalue weighted by molar-refractivity contribution is 5.73. The number of hydrogen-bond donors (Lipinski definition) is 0. The normalized spacial score (nSPS) is 11.6. The van der Waals surface area contributed by atoms with Crippen molar-refractivity contribution in [3.8, 4) is 0 Å². The predicted octanol–water partition coefficient (Wildman–Crippen LogP) is 3.62. The Balaban J connectivity index is 1.55. The lowest BCUT2D eigenvalue weighted by Crippen LogP contribution is -2.34. The van der Waals surface area contributed by atoms with Gasteiger partial charge in [0.2, 0.25) is 0 Å². The summed E-state index contributed by atoms with van der Waals surface area (Å²) in [6, 6.07) is 24.5. The Labute approximate surface area is 171 Å². The fraction of sp³-hybridized carbons (Fsp3) is 0.130. The SMILES string of the molecule is O=c1oc2ccccc2n1CN(Cc1ccccc1)Cn1c(=O)oc2ccccc21. The van der Waals surface area contributed by atoms with Gasteiger partial charge in [-0.1, -0.05) is 54.6 Å². The van der Waals surface area contributed by atoms with Crippen LogP contribution in [0.3, 0.4) is 0 Å². The molecule has 2 aromatic heterocycles. The number of fused-ring (bicyclic) bond motifs is 2. The molecule has 0 spiro atoms. The Hall–Kier alpha value is -3.84. The number of rotatable bonds is 6. The van der Waals surface area contributed by atoms with Gasteiger partial charge in [0.15, 0.2) is 11.2 Å². The van der Waals surface area contributed by atoms with Crippen LogP contribution >= 0.6 is 0 Å². The van der Waals surface area contributed by atoms with E-state index in [1.54, 1.807) is 21.3 Å². The molecule has 0 atom stereocenters. The van der Waals surface area contributed by atoms with E-state index in [-0.39, 0.29) is 13.3 Å². The summed E-state index contributed by atoms with van der Waals surface area (Å²) in [6.07, 6.45) is 0. The lowest BCUT2D eigenvalue weighted by atomic mass is 10.2. The first-order valence-corrected chi connectivity index (χ1v) is 9.62. The predicted molar refractivity (Wildman–Crippen MR) is 113 cm³/mol. The van der Waals surface area contributed by atoms with E-state index in [1.807, 2.05) is 71.6 Å². The van der Waals surface area contributed by atoms with Gasteiger partial charge in [-0.25, -0.2) is 9.59 Å². The molecule has 0 radical (unpaired) electrons. The first-order chi connectivity index (χ1) is 14.7. The molecule has 0 aliphatic carbocycles. The number of hydrogen-bond acceptors (Lipinski definition) is 5. The van der Waals surface area contributed by atoms with Crippen molar-refractivity contribution in [3.05, 3.63) is 106 Å². The fourth-order valence-corrected chi connectivity index (χ4v) is 3.68. The van der Waals surface area contributed by atoms with Crippen LogP contribution in [0, 0.1) is 0 Å². The zero-order valence-electron chi connectivity index (χ0n) is 16.1. The van der Waals surface area contributed by atoms with Crippen molar-refractivity contribution < 1.29 is 8.83 Å². The molecular formula is C23H19N3O4. The molecule has 0 N–H and O–H groups in total. The van der Waals surface area contributed by atoms with E-state index in [4.69, 9.17) is 8.83 Å². The number of aromatic nitrogens is 2. The largest absolute Gasteiger partial charge is 0.421 e. The van der Waals surface area contributed by atoms with Gasteiger partial charge < -0.3 is 8.83 Å². The van der Waals surface area contributed by atoms with Crippen molar-refractivity contribution in [2.45, 2.75) is 19.9 Å². The van der Waals surface area contributed by atoms with Crippen LogP contribution in [0.1, 0.15) is 5.56 Å². The van der Waals surface area contributed by atoms with Crippen molar-refractivity contribution in [3.63, 3.8) is 0 Å². The molecule has 5 aromatic rings. The topological polar surface area (TPSA) is 73.5 Å². The third-order valence-corrected chi connectivity index (χ3v) is 5.08. The van der Waals surface area contributed by atoms with Gasteiger partial charge in [-0.05, 0) is 29.8 Å². The monoisotopic (exact) mass is 401 g/mol. The highest BCUT2D eigenvalue weighted by Crippen LogP contribution is 2.16. The van der Waals surface area contributed by atoms with Gasteiger partial charge >= 0.3 is 11.5 Å². The molecule has 0 fully saturated rings. The van der Waals surface area contributed by atoms with Crippen molar-refractivity contribution in [1.82, 2.24) is 14.0 Å². The van der Waals surface area contributed by atoms with Crippen LogP contribution < -0.4 is 11.5 Å². The zero-order chi connectivity index (χ0) is 20.5. The summed E-state index contributed by atoms with van der Waals surface area (Å²) in [4.78, 5) is 27.0. The minimum Gasteiger partial charge on any atom is -0.408 e. The summed E-state index contributed by atoms with van der Waals surface area (Å²) in [6.45, 7) is 1.06. The highest BCUT2D eigenvalue weighted by atomic mass is 16.4. The Kier molecular flexibility index (Phi) is 4.57. The number of para-hydroxylation sites is 4. The maximum Gasteiger partial charge on any atom is 0.421 e. The Morgan fingerprint density at radius 2 is 1.10 bits per heavy atom. The first-order valence-electron chi connectivity index (χ1n) is 9.62. The van der Waals surface area contributed by atoms with Gasteiger partial charge in [0.1, 0.15) is 0 Å². The van der Waals surface area contributed by atoms with Gasteiger partial charge in [0.25, 0.3) is 0 Å². The smallest absolute Gasteiger partial charge is 0.408 e. The van der Waals surface area contributed by atoms with Crippen LogP contribution in [0.4, 0.5) is 0 Å². The zero-order valence-corrected chi connectivity index (χ0v) is 16.1. The van der Waals surface area contributed by atoms with Crippen molar-refractivity contribution in [1.29, 1.82) is 0 Å². The van der Waals surface area contributed by atoms with Gasteiger partial charge in [-0.3, -0.25) is 14.0 Å². The van der Waals surface area contributed by atoms with Crippen LogP contribution in [0.5, 0.6) is 0 Å². The van der Waals surface area contributed by atoms with E-state index in [1.165, 1.54) is 0 Å². The van der Waals surface area contributed by atoms with Gasteiger partial charge in [0.05, 0.1) is 24.4 Å². The van der Waals surface area contributed by atoms with Gasteiger partial charge in [-0.15, -0.1) is 0 Å². The summed E-state index contributed by atoms with van der Waals surface area (Å²) in [5.41, 5.74) is 3.57. The molecule has 0 saturated carbocycles. The molecule has 150 valence electrons. The second-order valence-electron chi connectivity index (χ2n) is 7.12. The molecule has 7 heteroatoms. The highest BCUT2D eigenvalue weighted by Gasteiger charge is 2.17. The van der Waals surface area contributed by atoms with Crippen molar-refractivity contribution in [2.75, 3.05) is 0 Å². The van der Waals surface area contributed by atoms with E-state index >= 15 is 0 Å². The number of nitrogens with zero attached hydrogens (tertiary/aromatic N) is 3.